The van der Waals surface area contributed by atoms with E-state index in [1.165, 1.54) is 11.1 Å². The lowest BCUT2D eigenvalue weighted by Crippen LogP contribution is -2.46. The van der Waals surface area contributed by atoms with Gasteiger partial charge in [0.25, 0.3) is 0 Å². The van der Waals surface area contributed by atoms with Gasteiger partial charge in [-0.25, -0.2) is 0 Å². The average molecular weight is 549 g/mol. The summed E-state index contributed by atoms with van der Waals surface area (Å²) >= 11 is 0. The summed E-state index contributed by atoms with van der Waals surface area (Å²) in [6.45, 7) is 8.78. The molecule has 0 spiro atoms. The predicted octanol–water partition coefficient (Wildman–Crippen LogP) is 3.45. The number of piperidine rings is 1. The lowest BCUT2D eigenvalue weighted by molar-refractivity contribution is 0.00989. The Morgan fingerprint density at radius 1 is 1.10 bits per heavy atom. The van der Waals surface area contributed by atoms with Gasteiger partial charge >= 0.3 is 0 Å². The molecule has 1 aromatic rings. The van der Waals surface area contributed by atoms with Crippen molar-refractivity contribution < 1.29 is 18.9 Å². The zero-order chi connectivity index (χ0) is 21.4. The number of likely N-dealkylation sites (tertiary alicyclic amines) is 1. The first kappa shape index (κ1) is 28.1. The van der Waals surface area contributed by atoms with E-state index in [-0.39, 0.29) is 24.0 Å². The van der Waals surface area contributed by atoms with Crippen LogP contribution in [0.3, 0.4) is 0 Å². The number of guanidine groups is 1. The topological polar surface area (TPSA) is 64.6 Å². The quantitative estimate of drug-likeness (QED) is 0.176. The molecule has 31 heavy (non-hydrogen) atoms. The van der Waals surface area contributed by atoms with Crippen LogP contribution in [0.15, 0.2) is 29.3 Å². The van der Waals surface area contributed by atoms with Crippen LogP contribution < -0.4 is 5.32 Å². The van der Waals surface area contributed by atoms with Crippen LogP contribution in [-0.2, 0) is 32.1 Å². The summed E-state index contributed by atoms with van der Waals surface area (Å²) in [6, 6.07) is 8.48. The Hall–Kier alpha value is -0.940. The average Bonchev–Trinajstić information content (AvgIpc) is 2.78. The van der Waals surface area contributed by atoms with Gasteiger partial charge in [0.2, 0.25) is 0 Å². The van der Waals surface area contributed by atoms with E-state index in [4.69, 9.17) is 18.9 Å². The van der Waals surface area contributed by atoms with Crippen LogP contribution in [0.4, 0.5) is 0 Å². The molecule has 0 aromatic heterocycles. The number of nitrogens with one attached hydrogen (secondary N) is 1. The van der Waals surface area contributed by atoms with Gasteiger partial charge in [0.15, 0.2) is 5.96 Å². The smallest absolute Gasteiger partial charge is 0.193 e. The summed E-state index contributed by atoms with van der Waals surface area (Å²) in [7, 11) is 3.57. The minimum absolute atomic E-state index is 0. The summed E-state index contributed by atoms with van der Waals surface area (Å²) < 4.78 is 22.0. The molecule has 7 nitrogen and oxygen atoms in total. The maximum absolute atomic E-state index is 5.96. The van der Waals surface area contributed by atoms with Crippen molar-refractivity contribution in [2.75, 3.05) is 60.3 Å². The van der Waals surface area contributed by atoms with E-state index in [1.54, 1.807) is 7.11 Å². The summed E-state index contributed by atoms with van der Waals surface area (Å²) in [4.78, 5) is 6.79. The van der Waals surface area contributed by atoms with Crippen molar-refractivity contribution in [3.05, 3.63) is 35.4 Å². The Bertz CT molecular complexity index is 610. The highest BCUT2D eigenvalue weighted by molar-refractivity contribution is 14.0. The Morgan fingerprint density at radius 3 is 2.55 bits per heavy atom. The number of aliphatic imine (C=N–C) groups is 1. The molecule has 1 fully saturated rings. The molecule has 0 aliphatic carbocycles. The Kier molecular flexibility index (Phi) is 15.9. The molecule has 0 unspecified atom stereocenters. The highest BCUT2D eigenvalue weighted by Gasteiger charge is 2.21. The molecular weight excluding hydrogens is 509 g/mol. The minimum Gasteiger partial charge on any atom is -0.385 e. The van der Waals surface area contributed by atoms with Crippen LogP contribution in [0.25, 0.3) is 0 Å². The monoisotopic (exact) mass is 549 g/mol. The fourth-order valence-corrected chi connectivity index (χ4v) is 3.48. The van der Waals surface area contributed by atoms with Gasteiger partial charge in [-0.2, -0.15) is 0 Å². The molecule has 1 saturated heterocycles. The molecule has 178 valence electrons. The van der Waals surface area contributed by atoms with Gasteiger partial charge < -0.3 is 29.2 Å². The Balaban J connectivity index is 0.00000480. The largest absolute Gasteiger partial charge is 0.385 e. The summed E-state index contributed by atoms with van der Waals surface area (Å²) in [5, 5.41) is 3.50. The number of halogens is 1. The summed E-state index contributed by atoms with van der Waals surface area (Å²) in [6.07, 6.45) is 3.36. The second kappa shape index (κ2) is 17.6. The molecule has 0 radical (unpaired) electrons. The molecule has 1 N–H and O–H groups in total. The van der Waals surface area contributed by atoms with E-state index in [0.29, 0.717) is 25.9 Å². The van der Waals surface area contributed by atoms with Crippen molar-refractivity contribution >= 4 is 29.9 Å². The minimum atomic E-state index is 0. The van der Waals surface area contributed by atoms with E-state index in [0.717, 1.165) is 64.7 Å². The number of hydrogen-bond acceptors (Lipinski definition) is 5. The molecule has 1 aromatic carbocycles. The van der Waals surface area contributed by atoms with Gasteiger partial charge in [0, 0.05) is 53.6 Å². The number of rotatable bonds is 13. The van der Waals surface area contributed by atoms with Gasteiger partial charge in [-0.05, 0) is 37.3 Å². The lowest BCUT2D eigenvalue weighted by atomic mass is 10.1. The van der Waals surface area contributed by atoms with E-state index >= 15 is 0 Å². The van der Waals surface area contributed by atoms with Crippen LogP contribution in [0, 0.1) is 0 Å². The van der Waals surface area contributed by atoms with Gasteiger partial charge in [-0.3, -0.25) is 4.99 Å². The van der Waals surface area contributed by atoms with Crippen molar-refractivity contribution in [3.63, 3.8) is 0 Å². The van der Waals surface area contributed by atoms with Crippen LogP contribution in [0.1, 0.15) is 37.3 Å². The van der Waals surface area contributed by atoms with Crippen molar-refractivity contribution in [1.82, 2.24) is 10.2 Å². The molecule has 1 aliphatic heterocycles. The molecule has 0 atom stereocenters. The maximum atomic E-state index is 5.96. The SMILES string of the molecule is CCOCCOCc1cccc(CNC(=NC)N2CCC(OCCCOC)CC2)c1.I. The first-order valence-corrected chi connectivity index (χ1v) is 11.1. The van der Waals surface area contributed by atoms with E-state index < -0.39 is 0 Å². The number of hydrogen-bond donors (Lipinski definition) is 1. The number of benzene rings is 1. The van der Waals surface area contributed by atoms with Gasteiger partial charge in [-0.15, -0.1) is 24.0 Å². The van der Waals surface area contributed by atoms with Gasteiger partial charge in [0.05, 0.1) is 25.9 Å². The molecule has 8 heteroatoms. The molecular formula is C23H40IN3O4. The second-order valence-corrected chi connectivity index (χ2v) is 7.37. The summed E-state index contributed by atoms with van der Waals surface area (Å²) in [5.41, 5.74) is 2.39. The number of methoxy groups -OCH3 is 1. The standard InChI is InChI=1S/C23H39N3O4.HI/c1-4-28-15-16-29-19-21-8-5-7-20(17-21)18-25-23(24-2)26-11-9-22(10-12-26)30-14-6-13-27-3;/h5,7-8,17,22H,4,6,9-16,18-19H2,1-3H3,(H,24,25);1H. The summed E-state index contributed by atoms with van der Waals surface area (Å²) in [5.74, 6) is 0.950. The maximum Gasteiger partial charge on any atom is 0.193 e. The van der Waals surface area contributed by atoms with Gasteiger partial charge in [-0.1, -0.05) is 24.3 Å². The highest BCUT2D eigenvalue weighted by atomic mass is 127. The third-order valence-corrected chi connectivity index (χ3v) is 5.09. The van der Waals surface area contributed by atoms with E-state index in [2.05, 4.69) is 39.5 Å². The van der Waals surface area contributed by atoms with Crippen LogP contribution in [-0.4, -0.2) is 77.2 Å². The lowest BCUT2D eigenvalue weighted by Gasteiger charge is -2.34. The van der Waals surface area contributed by atoms with Gasteiger partial charge in [0.1, 0.15) is 0 Å². The molecule has 0 amide bonds. The van der Waals surface area contributed by atoms with Crippen molar-refractivity contribution in [2.45, 2.75) is 45.4 Å². The van der Waals surface area contributed by atoms with E-state index in [9.17, 15) is 0 Å². The Labute approximate surface area is 204 Å². The van der Waals surface area contributed by atoms with Crippen molar-refractivity contribution in [3.8, 4) is 0 Å². The predicted molar refractivity (Wildman–Crippen MR) is 135 cm³/mol. The number of nitrogens with zero attached hydrogens (tertiary/aromatic N) is 2. The second-order valence-electron chi connectivity index (χ2n) is 7.37. The van der Waals surface area contributed by atoms with Crippen LogP contribution in [0.2, 0.25) is 0 Å². The first-order valence-electron chi connectivity index (χ1n) is 11.1. The molecule has 2 rings (SSSR count). The molecule has 0 saturated carbocycles. The highest BCUT2D eigenvalue weighted by Crippen LogP contribution is 2.14. The first-order chi connectivity index (χ1) is 14.8. The zero-order valence-electron chi connectivity index (χ0n) is 19.3. The third-order valence-electron chi connectivity index (χ3n) is 5.09. The Morgan fingerprint density at radius 2 is 1.84 bits per heavy atom. The normalized spacial score (nSPS) is 15.1. The molecule has 0 bridgehead atoms. The van der Waals surface area contributed by atoms with Crippen LogP contribution >= 0.6 is 24.0 Å². The fraction of sp³-hybridized carbons (Fsp3) is 0.696. The molecule has 1 heterocycles. The third kappa shape index (κ3) is 11.5. The fourth-order valence-electron chi connectivity index (χ4n) is 3.48. The van der Waals surface area contributed by atoms with Crippen molar-refractivity contribution in [1.29, 1.82) is 0 Å². The zero-order valence-corrected chi connectivity index (χ0v) is 21.6. The van der Waals surface area contributed by atoms with E-state index in [1.807, 2.05) is 14.0 Å². The number of ether oxygens (including phenoxy) is 4. The van der Waals surface area contributed by atoms with Crippen LogP contribution in [0.5, 0.6) is 0 Å². The van der Waals surface area contributed by atoms with Crippen molar-refractivity contribution in [2.24, 2.45) is 4.99 Å². The molecule has 1 aliphatic rings.